The molecule has 0 spiro atoms. The van der Waals surface area contributed by atoms with Crippen molar-refractivity contribution in [2.75, 3.05) is 0 Å². The lowest BCUT2D eigenvalue weighted by molar-refractivity contribution is -0.385. The average molecular weight is 226 g/mol. The molecular formula is C9H14N4O3. The highest BCUT2D eigenvalue weighted by molar-refractivity contribution is 5.80. The Bertz CT molecular complexity index is 399. The van der Waals surface area contributed by atoms with Crippen LogP contribution in [0.5, 0.6) is 0 Å². The molecule has 0 saturated carbocycles. The van der Waals surface area contributed by atoms with Gasteiger partial charge in [-0.05, 0) is 20.8 Å². The minimum atomic E-state index is -0.559. The van der Waals surface area contributed by atoms with Gasteiger partial charge < -0.3 is 5.32 Å². The van der Waals surface area contributed by atoms with Crippen molar-refractivity contribution < 1.29 is 9.72 Å². The van der Waals surface area contributed by atoms with Crippen molar-refractivity contribution in [3.8, 4) is 0 Å². The van der Waals surface area contributed by atoms with E-state index in [9.17, 15) is 14.9 Å². The molecule has 1 rings (SSSR count). The highest BCUT2D eigenvalue weighted by Crippen LogP contribution is 2.12. The lowest BCUT2D eigenvalue weighted by Gasteiger charge is -2.14. The van der Waals surface area contributed by atoms with Crippen LogP contribution in [0.2, 0.25) is 0 Å². The van der Waals surface area contributed by atoms with Crippen molar-refractivity contribution >= 4 is 11.6 Å². The smallest absolute Gasteiger partial charge is 0.307 e. The zero-order valence-corrected chi connectivity index (χ0v) is 9.38. The number of carbonyl (C=O) groups excluding carboxylic acids is 1. The molecule has 0 aliphatic heterocycles. The number of nitrogens with one attached hydrogen (secondary N) is 1. The van der Waals surface area contributed by atoms with E-state index in [0.29, 0.717) is 0 Å². The van der Waals surface area contributed by atoms with Gasteiger partial charge in [0.15, 0.2) is 0 Å². The first-order valence-electron chi connectivity index (χ1n) is 4.90. The molecule has 1 unspecified atom stereocenters. The Hall–Kier alpha value is -1.92. The maximum Gasteiger partial charge on any atom is 0.307 e. The quantitative estimate of drug-likeness (QED) is 0.609. The summed E-state index contributed by atoms with van der Waals surface area (Å²) in [6.07, 6.45) is 2.36. The molecule has 1 aromatic heterocycles. The summed E-state index contributed by atoms with van der Waals surface area (Å²) in [5.74, 6) is -0.215. The number of aromatic nitrogens is 2. The molecular weight excluding hydrogens is 212 g/mol. The fourth-order valence-corrected chi connectivity index (χ4v) is 1.16. The second-order valence-electron chi connectivity index (χ2n) is 3.77. The average Bonchev–Trinajstić information content (AvgIpc) is 2.64. The number of rotatable bonds is 4. The summed E-state index contributed by atoms with van der Waals surface area (Å²) >= 11 is 0. The Morgan fingerprint density at radius 3 is 2.62 bits per heavy atom. The van der Waals surface area contributed by atoms with E-state index in [2.05, 4.69) is 10.4 Å². The second-order valence-corrected chi connectivity index (χ2v) is 3.77. The largest absolute Gasteiger partial charge is 0.352 e. The van der Waals surface area contributed by atoms with E-state index >= 15 is 0 Å². The Kier molecular flexibility index (Phi) is 3.60. The van der Waals surface area contributed by atoms with Gasteiger partial charge in [-0.25, -0.2) is 0 Å². The molecule has 7 heteroatoms. The van der Waals surface area contributed by atoms with Gasteiger partial charge in [-0.3, -0.25) is 19.6 Å². The summed E-state index contributed by atoms with van der Waals surface area (Å²) in [7, 11) is 0. The number of nitrogens with zero attached hydrogens (tertiary/aromatic N) is 3. The van der Waals surface area contributed by atoms with E-state index in [0.717, 1.165) is 6.20 Å². The summed E-state index contributed by atoms with van der Waals surface area (Å²) in [6, 6.07) is -0.531. The number of carbonyl (C=O) groups is 1. The van der Waals surface area contributed by atoms with Gasteiger partial charge in [0.25, 0.3) is 0 Å². The van der Waals surface area contributed by atoms with Crippen molar-refractivity contribution in [2.45, 2.75) is 32.9 Å². The first kappa shape index (κ1) is 12.2. The first-order chi connectivity index (χ1) is 7.41. The third-order valence-electron chi connectivity index (χ3n) is 2.01. The second kappa shape index (κ2) is 4.73. The van der Waals surface area contributed by atoms with Gasteiger partial charge in [-0.15, -0.1) is 0 Å². The van der Waals surface area contributed by atoms with Crippen molar-refractivity contribution in [3.05, 3.63) is 22.5 Å². The minimum Gasteiger partial charge on any atom is -0.352 e. The van der Waals surface area contributed by atoms with Gasteiger partial charge in [-0.1, -0.05) is 0 Å². The van der Waals surface area contributed by atoms with Gasteiger partial charge in [0, 0.05) is 6.04 Å². The molecule has 1 N–H and O–H groups in total. The molecule has 0 aliphatic rings. The molecule has 0 bridgehead atoms. The Labute approximate surface area is 92.6 Å². The fourth-order valence-electron chi connectivity index (χ4n) is 1.16. The van der Waals surface area contributed by atoms with Gasteiger partial charge >= 0.3 is 5.69 Å². The molecule has 1 amide bonds. The molecule has 7 nitrogen and oxygen atoms in total. The highest BCUT2D eigenvalue weighted by Gasteiger charge is 2.19. The SMILES string of the molecule is CC(C)NC(=O)C(C)n1cc([N+](=O)[O-])cn1. The summed E-state index contributed by atoms with van der Waals surface area (Å²) in [5.41, 5.74) is -0.121. The number of nitro groups is 1. The van der Waals surface area contributed by atoms with Crippen LogP contribution < -0.4 is 5.32 Å². The van der Waals surface area contributed by atoms with Crippen molar-refractivity contribution in [1.82, 2.24) is 15.1 Å². The van der Waals surface area contributed by atoms with Crippen LogP contribution in [-0.4, -0.2) is 26.7 Å². The van der Waals surface area contributed by atoms with Crippen LogP contribution in [0.25, 0.3) is 0 Å². The number of hydrogen-bond acceptors (Lipinski definition) is 4. The highest BCUT2D eigenvalue weighted by atomic mass is 16.6. The zero-order chi connectivity index (χ0) is 12.3. The molecule has 0 aromatic carbocycles. The van der Waals surface area contributed by atoms with Gasteiger partial charge in [0.05, 0.1) is 4.92 Å². The van der Waals surface area contributed by atoms with Crippen LogP contribution >= 0.6 is 0 Å². The van der Waals surface area contributed by atoms with Crippen molar-refractivity contribution in [3.63, 3.8) is 0 Å². The van der Waals surface area contributed by atoms with Crippen molar-refractivity contribution in [1.29, 1.82) is 0 Å². The topological polar surface area (TPSA) is 90.1 Å². The van der Waals surface area contributed by atoms with Gasteiger partial charge in [0.1, 0.15) is 18.4 Å². The summed E-state index contributed by atoms with van der Waals surface area (Å²) in [6.45, 7) is 5.32. The fraction of sp³-hybridized carbons (Fsp3) is 0.556. The summed E-state index contributed by atoms with van der Waals surface area (Å²) in [4.78, 5) is 21.5. The predicted octanol–water partition coefficient (Wildman–Crippen LogP) is 0.877. The normalized spacial score (nSPS) is 12.5. The minimum absolute atomic E-state index is 0.0282. The first-order valence-corrected chi connectivity index (χ1v) is 4.90. The van der Waals surface area contributed by atoms with Crippen LogP contribution in [0, 0.1) is 10.1 Å². The zero-order valence-electron chi connectivity index (χ0n) is 9.38. The standard InChI is InChI=1S/C9H14N4O3/c1-6(2)11-9(14)7(3)12-5-8(4-10-12)13(15)16/h4-7H,1-3H3,(H,11,14). The molecule has 88 valence electrons. The molecule has 1 heterocycles. The van der Waals surface area contributed by atoms with E-state index in [1.807, 2.05) is 13.8 Å². The maximum atomic E-state index is 11.6. The third kappa shape index (κ3) is 2.78. The van der Waals surface area contributed by atoms with E-state index in [1.54, 1.807) is 6.92 Å². The Morgan fingerprint density at radius 1 is 1.56 bits per heavy atom. The summed E-state index contributed by atoms with van der Waals surface area (Å²) in [5, 5.41) is 16.9. The van der Waals surface area contributed by atoms with Crippen LogP contribution in [-0.2, 0) is 4.79 Å². The molecule has 0 aliphatic carbocycles. The molecule has 0 fully saturated rings. The lowest BCUT2D eigenvalue weighted by Crippen LogP contribution is -2.35. The predicted molar refractivity (Wildman–Crippen MR) is 56.9 cm³/mol. The van der Waals surface area contributed by atoms with Gasteiger partial charge in [0.2, 0.25) is 5.91 Å². The maximum absolute atomic E-state index is 11.6. The van der Waals surface area contributed by atoms with Crippen LogP contribution in [0.15, 0.2) is 12.4 Å². The van der Waals surface area contributed by atoms with Gasteiger partial charge in [-0.2, -0.15) is 5.10 Å². The van der Waals surface area contributed by atoms with Crippen molar-refractivity contribution in [2.24, 2.45) is 0 Å². The van der Waals surface area contributed by atoms with Crippen LogP contribution in [0.1, 0.15) is 26.8 Å². The molecule has 16 heavy (non-hydrogen) atoms. The van der Waals surface area contributed by atoms with E-state index in [-0.39, 0.29) is 17.6 Å². The van der Waals surface area contributed by atoms with Crippen LogP contribution in [0.4, 0.5) is 5.69 Å². The molecule has 1 aromatic rings. The molecule has 0 saturated heterocycles. The number of amides is 1. The Morgan fingerprint density at radius 2 is 2.19 bits per heavy atom. The Balaban J connectivity index is 2.76. The molecule has 1 atom stereocenters. The summed E-state index contributed by atoms with van der Waals surface area (Å²) < 4.78 is 1.27. The van der Waals surface area contributed by atoms with E-state index in [1.165, 1.54) is 10.9 Å². The van der Waals surface area contributed by atoms with Crippen LogP contribution in [0.3, 0.4) is 0 Å². The lowest BCUT2D eigenvalue weighted by atomic mass is 10.3. The monoisotopic (exact) mass is 226 g/mol. The van der Waals surface area contributed by atoms with E-state index in [4.69, 9.17) is 0 Å². The third-order valence-corrected chi connectivity index (χ3v) is 2.01. The van der Waals surface area contributed by atoms with E-state index < -0.39 is 11.0 Å². The number of hydrogen-bond donors (Lipinski definition) is 1. The molecule has 0 radical (unpaired) electrons.